The van der Waals surface area contributed by atoms with Crippen molar-refractivity contribution < 1.29 is 0 Å². The number of halogens is 1. The average molecular weight is 499 g/mol. The molecule has 0 saturated carbocycles. The molecular weight excluding hydrogens is 461 g/mol. The third-order valence-corrected chi connectivity index (χ3v) is 5.80. The van der Waals surface area contributed by atoms with E-state index in [2.05, 4.69) is 65.1 Å². The first kappa shape index (κ1) is 23.4. The highest BCUT2D eigenvalue weighted by molar-refractivity contribution is 14.0. The molecule has 3 rings (SSSR count). The summed E-state index contributed by atoms with van der Waals surface area (Å²) < 4.78 is 0. The zero-order valence-corrected chi connectivity index (χ0v) is 20.2. The molecule has 1 fully saturated rings. The lowest BCUT2D eigenvalue weighted by Crippen LogP contribution is -2.47. The Kier molecular flexibility index (Phi) is 10.0. The third-order valence-electron chi connectivity index (χ3n) is 5.80. The highest BCUT2D eigenvalue weighted by Crippen LogP contribution is 2.18. The maximum atomic E-state index is 5.00. The minimum absolute atomic E-state index is 0. The molecule has 2 heterocycles. The van der Waals surface area contributed by atoms with Crippen LogP contribution >= 0.6 is 24.0 Å². The van der Waals surface area contributed by atoms with Crippen molar-refractivity contribution in [2.24, 2.45) is 10.9 Å². The first-order valence-corrected chi connectivity index (χ1v) is 10.7. The van der Waals surface area contributed by atoms with Crippen molar-refractivity contribution in [3.63, 3.8) is 0 Å². The Morgan fingerprint density at radius 1 is 1.04 bits per heavy atom. The fourth-order valence-corrected chi connectivity index (χ4v) is 4.13. The number of hydrogen-bond acceptors (Lipinski definition) is 3. The molecule has 1 unspecified atom stereocenters. The molecule has 0 aromatic heterocycles. The molecule has 158 valence electrons. The molecule has 1 aromatic carbocycles. The van der Waals surface area contributed by atoms with Gasteiger partial charge in [-0.3, -0.25) is 4.99 Å². The number of benzene rings is 1. The summed E-state index contributed by atoms with van der Waals surface area (Å²) >= 11 is 0. The van der Waals surface area contributed by atoms with Crippen molar-refractivity contribution in [2.45, 2.75) is 33.7 Å². The second-order valence-electron chi connectivity index (χ2n) is 7.97. The van der Waals surface area contributed by atoms with Gasteiger partial charge in [-0.25, -0.2) is 0 Å². The van der Waals surface area contributed by atoms with Crippen LogP contribution < -0.4 is 5.32 Å². The molecule has 0 amide bonds. The van der Waals surface area contributed by atoms with Crippen molar-refractivity contribution >= 4 is 29.9 Å². The van der Waals surface area contributed by atoms with E-state index in [1.54, 1.807) is 0 Å². The van der Waals surface area contributed by atoms with Gasteiger partial charge in [0.25, 0.3) is 0 Å². The predicted octanol–water partition coefficient (Wildman–Crippen LogP) is 2.90. The number of nitrogens with zero attached hydrogens (tertiary/aromatic N) is 4. The van der Waals surface area contributed by atoms with E-state index in [1.165, 1.54) is 43.9 Å². The van der Waals surface area contributed by atoms with Gasteiger partial charge in [0.2, 0.25) is 0 Å². The standard InChI is InChI=1S/C22H37N5.HI/c1-4-23-22(27-11-10-20-8-6-7-9-21(20)18-27)24-16-19(3)17-26-14-12-25(5-2)13-15-26;/h6-9,19H,4-5,10-18H2,1-3H3,(H,23,24);1H. The molecule has 28 heavy (non-hydrogen) atoms. The second-order valence-corrected chi connectivity index (χ2v) is 7.97. The van der Waals surface area contributed by atoms with E-state index in [1.807, 2.05) is 0 Å². The number of rotatable bonds is 6. The molecule has 0 bridgehead atoms. The van der Waals surface area contributed by atoms with Gasteiger partial charge in [-0.15, -0.1) is 24.0 Å². The summed E-state index contributed by atoms with van der Waals surface area (Å²) in [4.78, 5) is 12.6. The summed E-state index contributed by atoms with van der Waals surface area (Å²) in [6.45, 7) is 17.7. The van der Waals surface area contributed by atoms with Gasteiger partial charge in [-0.05, 0) is 36.9 Å². The number of nitrogens with one attached hydrogen (secondary N) is 1. The van der Waals surface area contributed by atoms with Crippen molar-refractivity contribution in [3.05, 3.63) is 35.4 Å². The highest BCUT2D eigenvalue weighted by Gasteiger charge is 2.20. The summed E-state index contributed by atoms with van der Waals surface area (Å²) in [6.07, 6.45) is 1.11. The van der Waals surface area contributed by atoms with Gasteiger partial charge in [0.15, 0.2) is 5.96 Å². The molecule has 2 aliphatic heterocycles. The monoisotopic (exact) mass is 499 g/mol. The fourth-order valence-electron chi connectivity index (χ4n) is 4.13. The summed E-state index contributed by atoms with van der Waals surface area (Å²) in [7, 11) is 0. The van der Waals surface area contributed by atoms with E-state index in [0.29, 0.717) is 5.92 Å². The number of hydrogen-bond donors (Lipinski definition) is 1. The van der Waals surface area contributed by atoms with Crippen molar-refractivity contribution in [1.29, 1.82) is 0 Å². The summed E-state index contributed by atoms with van der Waals surface area (Å²) in [5.74, 6) is 1.67. The highest BCUT2D eigenvalue weighted by atomic mass is 127. The molecule has 1 N–H and O–H groups in total. The van der Waals surface area contributed by atoms with E-state index in [-0.39, 0.29) is 24.0 Å². The zero-order valence-electron chi connectivity index (χ0n) is 17.9. The Morgan fingerprint density at radius 2 is 1.71 bits per heavy atom. The minimum atomic E-state index is 0. The normalized spacial score (nSPS) is 19.7. The lowest BCUT2D eigenvalue weighted by Gasteiger charge is -2.35. The maximum Gasteiger partial charge on any atom is 0.194 e. The van der Waals surface area contributed by atoms with Gasteiger partial charge in [0.1, 0.15) is 0 Å². The van der Waals surface area contributed by atoms with E-state index >= 15 is 0 Å². The second kappa shape index (κ2) is 12.0. The molecule has 6 heteroatoms. The fraction of sp³-hybridized carbons (Fsp3) is 0.682. The van der Waals surface area contributed by atoms with Crippen LogP contribution in [-0.4, -0.2) is 79.6 Å². The lowest BCUT2D eigenvalue weighted by molar-refractivity contribution is 0.125. The first-order chi connectivity index (χ1) is 13.2. The quantitative estimate of drug-likeness (QED) is 0.371. The Hall–Kier alpha value is -0.860. The van der Waals surface area contributed by atoms with Crippen LogP contribution in [0.4, 0.5) is 0 Å². The lowest BCUT2D eigenvalue weighted by atomic mass is 10.0. The Morgan fingerprint density at radius 3 is 2.39 bits per heavy atom. The number of fused-ring (bicyclic) bond motifs is 1. The van der Waals surface area contributed by atoms with Crippen molar-refractivity contribution in [2.75, 3.05) is 58.9 Å². The molecule has 5 nitrogen and oxygen atoms in total. The van der Waals surface area contributed by atoms with Gasteiger partial charge in [0, 0.05) is 58.9 Å². The molecule has 0 spiro atoms. The molecule has 0 radical (unpaired) electrons. The Balaban J connectivity index is 0.00000280. The van der Waals surface area contributed by atoms with Crippen LogP contribution in [0.25, 0.3) is 0 Å². The molecule has 2 aliphatic rings. The third kappa shape index (κ3) is 6.59. The zero-order chi connectivity index (χ0) is 19.1. The summed E-state index contributed by atoms with van der Waals surface area (Å²) in [6, 6.07) is 8.81. The van der Waals surface area contributed by atoms with Crippen molar-refractivity contribution in [3.8, 4) is 0 Å². The maximum absolute atomic E-state index is 5.00. The van der Waals surface area contributed by atoms with Gasteiger partial charge in [0.05, 0.1) is 0 Å². The largest absolute Gasteiger partial charge is 0.357 e. The van der Waals surface area contributed by atoms with Gasteiger partial charge >= 0.3 is 0 Å². The summed E-state index contributed by atoms with van der Waals surface area (Å²) in [5, 5.41) is 3.51. The predicted molar refractivity (Wildman–Crippen MR) is 130 cm³/mol. The number of likely N-dealkylation sites (N-methyl/N-ethyl adjacent to an activating group) is 1. The first-order valence-electron chi connectivity index (χ1n) is 10.7. The van der Waals surface area contributed by atoms with Crippen LogP contribution in [-0.2, 0) is 13.0 Å². The number of aliphatic imine (C=N–C) groups is 1. The molecule has 0 aliphatic carbocycles. The van der Waals surface area contributed by atoms with E-state index < -0.39 is 0 Å². The van der Waals surface area contributed by atoms with Crippen LogP contribution in [0.5, 0.6) is 0 Å². The van der Waals surface area contributed by atoms with Crippen LogP contribution in [0.3, 0.4) is 0 Å². The average Bonchev–Trinajstić information content (AvgIpc) is 2.71. The van der Waals surface area contributed by atoms with Crippen LogP contribution in [0.1, 0.15) is 31.9 Å². The Bertz CT molecular complexity index is 613. The van der Waals surface area contributed by atoms with Gasteiger partial charge in [-0.1, -0.05) is 38.1 Å². The molecule has 1 atom stereocenters. The molecule has 1 saturated heterocycles. The van der Waals surface area contributed by atoms with E-state index in [4.69, 9.17) is 4.99 Å². The van der Waals surface area contributed by atoms with E-state index in [0.717, 1.165) is 45.1 Å². The summed E-state index contributed by atoms with van der Waals surface area (Å²) in [5.41, 5.74) is 2.93. The smallest absolute Gasteiger partial charge is 0.194 e. The van der Waals surface area contributed by atoms with Gasteiger partial charge < -0.3 is 20.0 Å². The minimum Gasteiger partial charge on any atom is -0.357 e. The van der Waals surface area contributed by atoms with Crippen LogP contribution in [0.15, 0.2) is 29.3 Å². The Labute approximate surface area is 188 Å². The van der Waals surface area contributed by atoms with Gasteiger partial charge in [-0.2, -0.15) is 0 Å². The van der Waals surface area contributed by atoms with Crippen LogP contribution in [0.2, 0.25) is 0 Å². The number of piperazine rings is 1. The number of guanidine groups is 1. The SMILES string of the molecule is CCNC(=NCC(C)CN1CCN(CC)CC1)N1CCc2ccccc2C1.I. The van der Waals surface area contributed by atoms with Crippen LogP contribution in [0, 0.1) is 5.92 Å². The molecule has 1 aromatic rings. The van der Waals surface area contributed by atoms with Crippen molar-refractivity contribution in [1.82, 2.24) is 20.0 Å². The van der Waals surface area contributed by atoms with E-state index in [9.17, 15) is 0 Å². The topological polar surface area (TPSA) is 34.1 Å². The molecular formula is C22H38IN5.